The van der Waals surface area contributed by atoms with Crippen LogP contribution in [0.2, 0.25) is 0 Å². The van der Waals surface area contributed by atoms with Crippen LogP contribution in [-0.2, 0) is 4.79 Å². The largest absolute Gasteiger partial charge is 0.343 e. The Bertz CT molecular complexity index is 165. The zero-order chi connectivity index (χ0) is 11.7. The van der Waals surface area contributed by atoms with Crippen LogP contribution >= 0.6 is 0 Å². The van der Waals surface area contributed by atoms with Gasteiger partial charge in [0.1, 0.15) is 0 Å². The van der Waals surface area contributed by atoms with Gasteiger partial charge in [-0.25, -0.2) is 0 Å². The summed E-state index contributed by atoms with van der Waals surface area (Å²) in [6.45, 7) is 10.4. The number of likely N-dealkylation sites (tertiary alicyclic amines) is 1. The molecule has 0 saturated carbocycles. The molecule has 0 unspecified atom stereocenters. The number of nitrogens with zero attached hydrogens (tertiary/aromatic N) is 2. The van der Waals surface area contributed by atoms with Gasteiger partial charge in [0.05, 0.1) is 0 Å². The van der Waals surface area contributed by atoms with E-state index in [0.717, 1.165) is 13.1 Å². The number of hydrogen-bond donors (Lipinski definition) is 0. The third kappa shape index (κ3) is 7.37. The maximum Gasteiger partial charge on any atom is 0.219 e. The lowest BCUT2D eigenvalue weighted by molar-refractivity contribution is -0.127. The van der Waals surface area contributed by atoms with Crippen LogP contribution in [0.4, 0.5) is 0 Å². The van der Waals surface area contributed by atoms with E-state index in [9.17, 15) is 4.79 Å². The average Bonchev–Trinajstić information content (AvgIpc) is 2.72. The molecule has 0 atom stereocenters. The van der Waals surface area contributed by atoms with E-state index in [1.54, 1.807) is 6.92 Å². The van der Waals surface area contributed by atoms with Gasteiger partial charge in [0.2, 0.25) is 5.91 Å². The maximum atomic E-state index is 10.6. The number of rotatable bonds is 3. The zero-order valence-corrected chi connectivity index (χ0v) is 10.8. The first-order valence-corrected chi connectivity index (χ1v) is 6.05. The van der Waals surface area contributed by atoms with Crippen molar-refractivity contribution < 1.29 is 4.79 Å². The summed E-state index contributed by atoms with van der Waals surface area (Å²) in [5.41, 5.74) is 0. The minimum Gasteiger partial charge on any atom is -0.343 e. The summed E-state index contributed by atoms with van der Waals surface area (Å²) in [5, 5.41) is 0. The molecule has 0 aromatic carbocycles. The van der Waals surface area contributed by atoms with Crippen molar-refractivity contribution in [3.05, 3.63) is 0 Å². The molecule has 90 valence electrons. The van der Waals surface area contributed by atoms with Crippen LogP contribution in [-0.4, -0.2) is 48.9 Å². The molecule has 1 saturated heterocycles. The molecule has 0 aromatic heterocycles. The molecule has 15 heavy (non-hydrogen) atoms. The van der Waals surface area contributed by atoms with E-state index in [0.29, 0.717) is 0 Å². The van der Waals surface area contributed by atoms with Crippen molar-refractivity contribution in [1.29, 1.82) is 0 Å². The molecule has 1 aliphatic heterocycles. The van der Waals surface area contributed by atoms with E-state index in [1.807, 2.05) is 4.90 Å². The van der Waals surface area contributed by atoms with Crippen molar-refractivity contribution in [3.63, 3.8) is 0 Å². The smallest absolute Gasteiger partial charge is 0.219 e. The monoisotopic (exact) mass is 214 g/mol. The van der Waals surface area contributed by atoms with Crippen LogP contribution in [0.15, 0.2) is 0 Å². The van der Waals surface area contributed by atoms with Gasteiger partial charge in [-0.2, -0.15) is 0 Å². The Morgan fingerprint density at radius 3 is 2.00 bits per heavy atom. The van der Waals surface area contributed by atoms with Crippen LogP contribution in [0.3, 0.4) is 0 Å². The van der Waals surface area contributed by atoms with Gasteiger partial charge in [0, 0.05) is 20.0 Å². The Hall–Kier alpha value is -0.570. The first-order valence-electron chi connectivity index (χ1n) is 6.05. The fraction of sp³-hybridized carbons (Fsp3) is 0.917. The van der Waals surface area contributed by atoms with Gasteiger partial charge in [-0.05, 0) is 39.4 Å². The highest BCUT2D eigenvalue weighted by Gasteiger charge is 2.12. The lowest BCUT2D eigenvalue weighted by Crippen LogP contribution is -2.24. The van der Waals surface area contributed by atoms with Crippen molar-refractivity contribution in [2.24, 2.45) is 0 Å². The van der Waals surface area contributed by atoms with E-state index in [4.69, 9.17) is 0 Å². The van der Waals surface area contributed by atoms with Gasteiger partial charge in [-0.15, -0.1) is 0 Å². The molecule has 1 heterocycles. The predicted molar refractivity (Wildman–Crippen MR) is 65.0 cm³/mol. The summed E-state index contributed by atoms with van der Waals surface area (Å²) in [4.78, 5) is 14.8. The van der Waals surface area contributed by atoms with E-state index >= 15 is 0 Å². The van der Waals surface area contributed by atoms with Gasteiger partial charge in [0.25, 0.3) is 0 Å². The minimum absolute atomic E-state index is 0.225. The van der Waals surface area contributed by atoms with Crippen LogP contribution in [0.1, 0.15) is 40.0 Å². The molecule has 3 nitrogen and oxygen atoms in total. The Morgan fingerprint density at radius 1 is 1.27 bits per heavy atom. The first-order chi connectivity index (χ1) is 7.11. The molecule has 1 fully saturated rings. The molecule has 1 aliphatic rings. The number of amides is 1. The van der Waals surface area contributed by atoms with Gasteiger partial charge in [0.15, 0.2) is 0 Å². The summed E-state index contributed by atoms with van der Waals surface area (Å²) >= 11 is 0. The Labute approximate surface area is 94.4 Å². The van der Waals surface area contributed by atoms with E-state index in [1.165, 1.54) is 32.4 Å². The van der Waals surface area contributed by atoms with Crippen molar-refractivity contribution in [2.45, 2.75) is 40.0 Å². The van der Waals surface area contributed by atoms with Crippen LogP contribution in [0.25, 0.3) is 0 Å². The summed E-state index contributed by atoms with van der Waals surface area (Å²) in [7, 11) is 2.14. The summed E-state index contributed by atoms with van der Waals surface area (Å²) in [6.07, 6.45) is 3.66. The second kappa shape index (κ2) is 8.72. The van der Waals surface area contributed by atoms with Gasteiger partial charge in [-0.3, -0.25) is 4.79 Å². The van der Waals surface area contributed by atoms with Crippen molar-refractivity contribution in [1.82, 2.24) is 9.80 Å². The molecule has 0 aliphatic carbocycles. The van der Waals surface area contributed by atoms with Crippen molar-refractivity contribution in [3.8, 4) is 0 Å². The molecule has 1 amide bonds. The minimum atomic E-state index is 0.225. The zero-order valence-electron chi connectivity index (χ0n) is 10.8. The van der Waals surface area contributed by atoms with Gasteiger partial charge >= 0.3 is 0 Å². The fourth-order valence-electron chi connectivity index (χ4n) is 1.57. The standard InChI is InChI=1S/C6H11NO.C6H15N/c1-6(8)7-4-2-3-5-7;1-4-6-7(3)5-2/h2-5H2,1H3;4-6H2,1-3H3. The second-order valence-electron chi connectivity index (χ2n) is 4.11. The average molecular weight is 214 g/mol. The van der Waals surface area contributed by atoms with Crippen LogP contribution in [0, 0.1) is 0 Å². The molecule has 3 heteroatoms. The van der Waals surface area contributed by atoms with Gasteiger partial charge < -0.3 is 9.80 Å². The lowest BCUT2D eigenvalue weighted by Gasteiger charge is -2.10. The summed E-state index contributed by atoms with van der Waals surface area (Å²) < 4.78 is 0. The summed E-state index contributed by atoms with van der Waals surface area (Å²) in [5.74, 6) is 0.225. The van der Waals surface area contributed by atoms with Gasteiger partial charge in [-0.1, -0.05) is 13.8 Å². The van der Waals surface area contributed by atoms with Crippen LogP contribution < -0.4 is 0 Å². The highest BCUT2D eigenvalue weighted by Crippen LogP contribution is 2.06. The second-order valence-corrected chi connectivity index (χ2v) is 4.11. The normalized spacial score (nSPS) is 15.1. The fourth-order valence-corrected chi connectivity index (χ4v) is 1.57. The molecule has 0 bridgehead atoms. The molecule has 0 N–H and O–H groups in total. The third-order valence-corrected chi connectivity index (χ3v) is 2.70. The Balaban J connectivity index is 0.000000265. The molecule has 0 spiro atoms. The molecule has 0 radical (unpaired) electrons. The molecule has 1 rings (SSSR count). The maximum absolute atomic E-state index is 10.6. The Kier molecular flexibility index (Phi) is 8.38. The number of carbonyl (C=O) groups excluding carboxylic acids is 1. The number of carbonyl (C=O) groups is 1. The molecule has 0 aromatic rings. The molecular weight excluding hydrogens is 188 g/mol. The quantitative estimate of drug-likeness (QED) is 0.717. The van der Waals surface area contributed by atoms with E-state index < -0.39 is 0 Å². The SMILES string of the molecule is CC(=O)N1CCCC1.CCCN(C)CC. The third-order valence-electron chi connectivity index (χ3n) is 2.70. The van der Waals surface area contributed by atoms with E-state index in [-0.39, 0.29) is 5.91 Å². The van der Waals surface area contributed by atoms with Crippen molar-refractivity contribution in [2.75, 3.05) is 33.2 Å². The van der Waals surface area contributed by atoms with E-state index in [2.05, 4.69) is 25.8 Å². The highest BCUT2D eigenvalue weighted by molar-refractivity contribution is 5.73. The molecular formula is C12H26N2O. The topological polar surface area (TPSA) is 23.6 Å². The highest BCUT2D eigenvalue weighted by atomic mass is 16.2. The predicted octanol–water partition coefficient (Wildman–Crippen LogP) is 1.98. The first kappa shape index (κ1) is 14.4. The van der Waals surface area contributed by atoms with Crippen molar-refractivity contribution >= 4 is 5.91 Å². The lowest BCUT2D eigenvalue weighted by atomic mass is 10.4. The Morgan fingerprint density at radius 2 is 1.80 bits per heavy atom. The number of hydrogen-bond acceptors (Lipinski definition) is 2. The summed E-state index contributed by atoms with van der Waals surface area (Å²) in [6, 6.07) is 0. The van der Waals surface area contributed by atoms with Crippen LogP contribution in [0.5, 0.6) is 0 Å².